The minimum Gasteiger partial charge on any atom is -0.465 e. The van der Waals surface area contributed by atoms with Crippen LogP contribution >= 0.6 is 0 Å². The van der Waals surface area contributed by atoms with E-state index in [1.807, 2.05) is 0 Å². The van der Waals surface area contributed by atoms with Crippen LogP contribution in [0.2, 0.25) is 0 Å². The number of rotatable bonds is 24. The van der Waals surface area contributed by atoms with E-state index in [2.05, 4.69) is 0 Å². The summed E-state index contributed by atoms with van der Waals surface area (Å²) in [5.41, 5.74) is -0.985. The van der Waals surface area contributed by atoms with Crippen LogP contribution in [0.1, 0.15) is 12.8 Å². The molecular weight excluding hydrogens is 444 g/mol. The highest BCUT2D eigenvalue weighted by Gasteiger charge is 2.35. The van der Waals surface area contributed by atoms with Crippen LogP contribution < -0.4 is 0 Å². The number of hydrogen-bond acceptors (Lipinski definition) is 12. The van der Waals surface area contributed by atoms with Crippen molar-refractivity contribution in [2.45, 2.75) is 12.8 Å². The third-order valence-electron chi connectivity index (χ3n) is 4.11. The van der Waals surface area contributed by atoms with Crippen molar-refractivity contribution in [3.8, 4) is 0 Å². The van der Waals surface area contributed by atoms with Crippen LogP contribution in [0, 0.1) is 5.41 Å². The SMILES string of the molecule is COCCOCOCC(COCOCCOC)(COC(=O)CCOC)COC(=O)CCOC. The van der Waals surface area contributed by atoms with Crippen molar-refractivity contribution >= 4 is 11.9 Å². The molecule has 12 nitrogen and oxygen atoms in total. The average molecular weight is 485 g/mol. The molecule has 0 aromatic rings. The standard InChI is InChI=1S/C21H40O12/c1-24-7-5-19(22)32-15-21(13-30-17-28-11-9-26-3,14-31-18-29-12-10-27-4)16-33-20(23)6-8-25-2/h5-18H2,1-4H3. The van der Waals surface area contributed by atoms with E-state index < -0.39 is 17.4 Å². The Morgan fingerprint density at radius 1 is 0.515 bits per heavy atom. The van der Waals surface area contributed by atoms with Gasteiger partial charge in [-0.15, -0.1) is 0 Å². The minimum absolute atomic E-state index is 0.0231. The summed E-state index contributed by atoms with van der Waals surface area (Å²) >= 11 is 0. The molecule has 0 unspecified atom stereocenters. The lowest BCUT2D eigenvalue weighted by atomic mass is 9.92. The number of carbonyl (C=O) groups is 2. The Balaban J connectivity index is 5.06. The fraction of sp³-hybridized carbons (Fsp3) is 0.905. The quantitative estimate of drug-likeness (QED) is 0.107. The summed E-state index contributed by atoms with van der Waals surface area (Å²) in [5.74, 6) is -0.917. The van der Waals surface area contributed by atoms with Crippen molar-refractivity contribution in [2.24, 2.45) is 5.41 Å². The average Bonchev–Trinajstić information content (AvgIpc) is 2.82. The fourth-order valence-electron chi connectivity index (χ4n) is 2.27. The van der Waals surface area contributed by atoms with Gasteiger partial charge < -0.3 is 47.4 Å². The minimum atomic E-state index is -0.985. The molecule has 33 heavy (non-hydrogen) atoms. The van der Waals surface area contributed by atoms with Gasteiger partial charge in [0.1, 0.15) is 26.8 Å². The molecule has 0 aliphatic rings. The van der Waals surface area contributed by atoms with Gasteiger partial charge in [0, 0.05) is 28.4 Å². The van der Waals surface area contributed by atoms with Crippen molar-refractivity contribution in [2.75, 3.05) is 108 Å². The van der Waals surface area contributed by atoms with Crippen LogP contribution in [-0.4, -0.2) is 120 Å². The summed E-state index contributed by atoms with van der Waals surface area (Å²) < 4.78 is 52.3. The first-order valence-electron chi connectivity index (χ1n) is 10.6. The Hall–Kier alpha value is -1.38. The molecule has 0 aromatic heterocycles. The smallest absolute Gasteiger partial charge is 0.308 e. The fourth-order valence-corrected chi connectivity index (χ4v) is 2.27. The van der Waals surface area contributed by atoms with E-state index >= 15 is 0 Å². The molecule has 0 heterocycles. The third-order valence-corrected chi connectivity index (χ3v) is 4.11. The molecule has 0 atom stereocenters. The molecule has 0 amide bonds. The zero-order valence-corrected chi connectivity index (χ0v) is 20.3. The maximum atomic E-state index is 12.0. The Kier molecular flexibility index (Phi) is 21.5. The molecule has 0 rings (SSSR count). The molecular formula is C21H40O12. The number of methoxy groups -OCH3 is 4. The van der Waals surface area contributed by atoms with Crippen molar-refractivity contribution in [1.82, 2.24) is 0 Å². The van der Waals surface area contributed by atoms with Gasteiger partial charge >= 0.3 is 11.9 Å². The van der Waals surface area contributed by atoms with Gasteiger partial charge in [-0.3, -0.25) is 9.59 Å². The van der Waals surface area contributed by atoms with E-state index in [1.54, 1.807) is 14.2 Å². The first-order valence-corrected chi connectivity index (χ1v) is 10.6. The second kappa shape index (κ2) is 22.4. The van der Waals surface area contributed by atoms with Crippen LogP contribution in [0.25, 0.3) is 0 Å². The summed E-state index contributed by atoms with van der Waals surface area (Å²) in [5, 5.41) is 0. The predicted molar refractivity (Wildman–Crippen MR) is 115 cm³/mol. The molecule has 0 bridgehead atoms. The first kappa shape index (κ1) is 31.6. The van der Waals surface area contributed by atoms with Gasteiger partial charge in [0.25, 0.3) is 0 Å². The molecule has 0 radical (unpaired) electrons. The second-order valence-corrected chi connectivity index (χ2v) is 7.04. The van der Waals surface area contributed by atoms with Gasteiger partial charge in [-0.25, -0.2) is 0 Å². The molecule has 0 aliphatic heterocycles. The summed E-state index contributed by atoms with van der Waals surface area (Å²) in [6.07, 6.45) is 0.171. The Labute approximate surface area is 195 Å². The van der Waals surface area contributed by atoms with E-state index in [0.717, 1.165) is 0 Å². The van der Waals surface area contributed by atoms with Gasteiger partial charge in [-0.05, 0) is 0 Å². The molecule has 0 spiro atoms. The van der Waals surface area contributed by atoms with E-state index in [4.69, 9.17) is 47.4 Å². The van der Waals surface area contributed by atoms with Crippen molar-refractivity contribution in [3.05, 3.63) is 0 Å². The highest BCUT2D eigenvalue weighted by Crippen LogP contribution is 2.21. The lowest BCUT2D eigenvalue weighted by Gasteiger charge is -2.32. The van der Waals surface area contributed by atoms with Gasteiger partial charge in [0.15, 0.2) is 0 Å². The first-order chi connectivity index (χ1) is 16.0. The highest BCUT2D eigenvalue weighted by molar-refractivity contribution is 5.70. The predicted octanol–water partition coefficient (Wildman–Crippen LogP) is 0.406. The topological polar surface area (TPSA) is 126 Å². The number of ether oxygens (including phenoxy) is 10. The van der Waals surface area contributed by atoms with Gasteiger partial charge in [0.2, 0.25) is 0 Å². The van der Waals surface area contributed by atoms with Crippen LogP contribution in [-0.2, 0) is 57.0 Å². The van der Waals surface area contributed by atoms with Crippen LogP contribution in [0.15, 0.2) is 0 Å². The van der Waals surface area contributed by atoms with E-state index in [9.17, 15) is 9.59 Å². The molecule has 0 aromatic carbocycles. The Morgan fingerprint density at radius 3 is 1.27 bits per heavy atom. The van der Waals surface area contributed by atoms with Crippen LogP contribution in [0.4, 0.5) is 0 Å². The van der Waals surface area contributed by atoms with E-state index in [-0.39, 0.29) is 66.1 Å². The summed E-state index contributed by atoms with van der Waals surface area (Å²) in [4.78, 5) is 24.1. The summed E-state index contributed by atoms with van der Waals surface area (Å²) in [6, 6.07) is 0. The van der Waals surface area contributed by atoms with E-state index in [1.165, 1.54) is 14.2 Å². The summed E-state index contributed by atoms with van der Waals surface area (Å²) in [6.45, 7) is 1.81. The molecule has 12 heteroatoms. The molecule has 0 fully saturated rings. The van der Waals surface area contributed by atoms with Crippen molar-refractivity contribution in [3.63, 3.8) is 0 Å². The van der Waals surface area contributed by atoms with Crippen molar-refractivity contribution in [1.29, 1.82) is 0 Å². The molecule has 0 saturated carbocycles. The zero-order valence-electron chi connectivity index (χ0n) is 20.3. The molecule has 0 N–H and O–H groups in total. The van der Waals surface area contributed by atoms with Crippen molar-refractivity contribution < 1.29 is 57.0 Å². The molecule has 0 saturated heterocycles. The third kappa shape index (κ3) is 18.7. The number of hydrogen-bond donors (Lipinski definition) is 0. The van der Waals surface area contributed by atoms with E-state index in [0.29, 0.717) is 26.4 Å². The highest BCUT2D eigenvalue weighted by atomic mass is 16.7. The molecule has 0 aliphatic carbocycles. The van der Waals surface area contributed by atoms with Crippen LogP contribution in [0.5, 0.6) is 0 Å². The van der Waals surface area contributed by atoms with Gasteiger partial charge in [-0.1, -0.05) is 0 Å². The lowest BCUT2D eigenvalue weighted by molar-refractivity contribution is -0.176. The summed E-state index contributed by atoms with van der Waals surface area (Å²) in [7, 11) is 6.12. The Morgan fingerprint density at radius 2 is 0.909 bits per heavy atom. The normalized spacial score (nSPS) is 11.5. The monoisotopic (exact) mass is 484 g/mol. The Bertz CT molecular complexity index is 432. The van der Waals surface area contributed by atoms with Gasteiger partial charge in [-0.2, -0.15) is 0 Å². The second-order valence-electron chi connectivity index (χ2n) is 7.04. The lowest BCUT2D eigenvalue weighted by Crippen LogP contribution is -2.43. The largest absolute Gasteiger partial charge is 0.465 e. The maximum Gasteiger partial charge on any atom is 0.308 e. The molecule has 196 valence electrons. The zero-order chi connectivity index (χ0) is 24.6. The maximum absolute atomic E-state index is 12.0. The van der Waals surface area contributed by atoms with Crippen LogP contribution in [0.3, 0.4) is 0 Å². The number of carbonyl (C=O) groups excluding carboxylic acids is 2. The number of esters is 2. The van der Waals surface area contributed by atoms with Gasteiger partial charge in [0.05, 0.1) is 71.1 Å².